The van der Waals surface area contributed by atoms with Crippen molar-refractivity contribution in [2.24, 2.45) is 0 Å². The molecule has 0 radical (unpaired) electrons. The van der Waals surface area contributed by atoms with Crippen LogP contribution in [0.25, 0.3) is 10.8 Å². The molecule has 1 N–H and O–H groups in total. The van der Waals surface area contributed by atoms with E-state index < -0.39 is 6.04 Å². The lowest BCUT2D eigenvalue weighted by Crippen LogP contribution is -2.40. The molecule has 0 aliphatic carbocycles. The summed E-state index contributed by atoms with van der Waals surface area (Å²) in [6.07, 6.45) is 0.597. The zero-order chi connectivity index (χ0) is 15.0. The Kier molecular flexibility index (Phi) is 3.33. The monoisotopic (exact) mass is 286 g/mol. The quantitative estimate of drug-likeness (QED) is 0.917. The Balaban J connectivity index is 1.92. The van der Waals surface area contributed by atoms with Gasteiger partial charge in [0.1, 0.15) is 11.9 Å². The topological polar surface area (TPSA) is 49.4 Å². The minimum absolute atomic E-state index is 0.0882. The van der Waals surface area contributed by atoms with Gasteiger partial charge in [-0.25, -0.2) is 4.39 Å². The molecular formula is C16H15FN2O2. The van der Waals surface area contributed by atoms with E-state index in [9.17, 15) is 14.0 Å². The molecule has 2 aromatic rings. The summed E-state index contributed by atoms with van der Waals surface area (Å²) in [7, 11) is 1.71. The number of amides is 2. The Hall–Kier alpha value is -2.43. The van der Waals surface area contributed by atoms with E-state index in [4.69, 9.17) is 0 Å². The van der Waals surface area contributed by atoms with Gasteiger partial charge in [-0.15, -0.1) is 0 Å². The number of likely N-dealkylation sites (tertiary alicyclic amines) is 1. The summed E-state index contributed by atoms with van der Waals surface area (Å²) in [5, 5.41) is 3.69. The predicted molar refractivity (Wildman–Crippen MR) is 77.4 cm³/mol. The first-order valence-electron chi connectivity index (χ1n) is 6.81. The molecule has 1 saturated heterocycles. The van der Waals surface area contributed by atoms with E-state index in [-0.39, 0.29) is 17.6 Å². The Bertz CT molecular complexity index is 729. The molecule has 4 nitrogen and oxygen atoms in total. The number of likely N-dealkylation sites (N-methyl/N-ethyl adjacent to an activating group) is 1. The molecule has 1 fully saturated rings. The Morgan fingerprint density at radius 1 is 1.24 bits per heavy atom. The summed E-state index contributed by atoms with van der Waals surface area (Å²) < 4.78 is 13.8. The molecule has 1 heterocycles. The Morgan fingerprint density at radius 3 is 2.62 bits per heavy atom. The van der Waals surface area contributed by atoms with Crippen LogP contribution in [0, 0.1) is 5.82 Å². The number of fused-ring (bicyclic) bond motifs is 1. The second-order valence-electron chi connectivity index (χ2n) is 5.22. The standard InChI is InChI=1S/C16H15FN2O2/c1-19-9-8-14(16(19)21)18-15(20)12-6-7-13(17)11-5-3-2-4-10(11)12/h2-7,14H,8-9H2,1H3,(H,18,20). The molecule has 1 unspecified atom stereocenters. The van der Waals surface area contributed by atoms with E-state index in [0.717, 1.165) is 0 Å². The van der Waals surface area contributed by atoms with Crippen molar-refractivity contribution in [3.05, 3.63) is 47.8 Å². The van der Waals surface area contributed by atoms with Gasteiger partial charge in [-0.05, 0) is 23.9 Å². The summed E-state index contributed by atoms with van der Waals surface area (Å²) in [4.78, 5) is 25.8. The maximum absolute atomic E-state index is 13.8. The van der Waals surface area contributed by atoms with Gasteiger partial charge in [-0.1, -0.05) is 24.3 Å². The van der Waals surface area contributed by atoms with Crippen molar-refractivity contribution in [1.82, 2.24) is 10.2 Å². The van der Waals surface area contributed by atoms with Crippen LogP contribution in [0.1, 0.15) is 16.8 Å². The second kappa shape index (κ2) is 5.16. The summed E-state index contributed by atoms with van der Waals surface area (Å²) in [6.45, 7) is 0.633. The predicted octanol–water partition coefficient (Wildman–Crippen LogP) is 1.94. The van der Waals surface area contributed by atoms with E-state index in [1.165, 1.54) is 12.1 Å². The fourth-order valence-electron chi connectivity index (χ4n) is 2.65. The van der Waals surface area contributed by atoms with Crippen LogP contribution in [0.2, 0.25) is 0 Å². The van der Waals surface area contributed by atoms with Gasteiger partial charge in [0.25, 0.3) is 5.91 Å². The van der Waals surface area contributed by atoms with Crippen molar-refractivity contribution in [2.75, 3.05) is 13.6 Å². The van der Waals surface area contributed by atoms with Crippen LogP contribution in [-0.2, 0) is 4.79 Å². The number of hydrogen-bond donors (Lipinski definition) is 1. The highest BCUT2D eigenvalue weighted by atomic mass is 19.1. The summed E-state index contributed by atoms with van der Waals surface area (Å²) in [5.41, 5.74) is 0.384. The Labute approximate surface area is 121 Å². The highest BCUT2D eigenvalue weighted by molar-refractivity contribution is 6.08. The van der Waals surface area contributed by atoms with Crippen molar-refractivity contribution in [3.8, 4) is 0 Å². The molecule has 1 atom stereocenters. The number of benzene rings is 2. The molecule has 0 aromatic heterocycles. The molecule has 1 aliphatic rings. The maximum Gasteiger partial charge on any atom is 0.252 e. The van der Waals surface area contributed by atoms with Gasteiger partial charge in [0, 0.05) is 24.5 Å². The molecule has 1 aliphatic heterocycles. The van der Waals surface area contributed by atoms with Crippen LogP contribution in [0.5, 0.6) is 0 Å². The first-order chi connectivity index (χ1) is 10.1. The molecule has 0 spiro atoms. The van der Waals surface area contributed by atoms with E-state index in [1.54, 1.807) is 36.2 Å². The van der Waals surface area contributed by atoms with Gasteiger partial charge >= 0.3 is 0 Å². The molecular weight excluding hydrogens is 271 g/mol. The smallest absolute Gasteiger partial charge is 0.252 e. The molecule has 0 saturated carbocycles. The normalized spacial score (nSPS) is 18.3. The third-order valence-corrected chi connectivity index (χ3v) is 3.85. The average Bonchev–Trinajstić information content (AvgIpc) is 2.80. The number of halogens is 1. The van der Waals surface area contributed by atoms with Crippen LogP contribution < -0.4 is 5.32 Å². The third-order valence-electron chi connectivity index (χ3n) is 3.85. The molecule has 3 rings (SSSR count). The van der Waals surface area contributed by atoms with Gasteiger partial charge in [0.15, 0.2) is 0 Å². The number of nitrogens with zero attached hydrogens (tertiary/aromatic N) is 1. The largest absolute Gasteiger partial charge is 0.344 e. The first kappa shape index (κ1) is 13.5. The highest BCUT2D eigenvalue weighted by Crippen LogP contribution is 2.22. The van der Waals surface area contributed by atoms with Gasteiger partial charge in [-0.3, -0.25) is 9.59 Å². The third kappa shape index (κ3) is 2.35. The van der Waals surface area contributed by atoms with Crippen molar-refractivity contribution in [3.63, 3.8) is 0 Å². The molecule has 2 aromatic carbocycles. The van der Waals surface area contributed by atoms with Crippen LogP contribution in [0.3, 0.4) is 0 Å². The molecule has 21 heavy (non-hydrogen) atoms. The lowest BCUT2D eigenvalue weighted by molar-refractivity contribution is -0.128. The number of nitrogens with one attached hydrogen (secondary N) is 1. The fourth-order valence-corrected chi connectivity index (χ4v) is 2.65. The summed E-state index contributed by atoms with van der Waals surface area (Å²) in [6, 6.07) is 9.06. The van der Waals surface area contributed by atoms with Crippen LogP contribution in [0.4, 0.5) is 4.39 Å². The minimum Gasteiger partial charge on any atom is -0.344 e. The molecule has 2 amide bonds. The SMILES string of the molecule is CN1CCC(NC(=O)c2ccc(F)c3ccccc23)C1=O. The second-order valence-corrected chi connectivity index (χ2v) is 5.22. The van der Waals surface area contributed by atoms with Crippen LogP contribution in [0.15, 0.2) is 36.4 Å². The van der Waals surface area contributed by atoms with Crippen molar-refractivity contribution in [1.29, 1.82) is 0 Å². The van der Waals surface area contributed by atoms with Gasteiger partial charge in [0.05, 0.1) is 0 Å². The van der Waals surface area contributed by atoms with Crippen LogP contribution >= 0.6 is 0 Å². The zero-order valence-corrected chi connectivity index (χ0v) is 11.6. The minimum atomic E-state index is -0.494. The van der Waals surface area contributed by atoms with Gasteiger partial charge in [0.2, 0.25) is 5.91 Å². The van der Waals surface area contributed by atoms with Gasteiger partial charge < -0.3 is 10.2 Å². The first-order valence-corrected chi connectivity index (χ1v) is 6.81. The fraction of sp³-hybridized carbons (Fsp3) is 0.250. The summed E-state index contributed by atoms with van der Waals surface area (Å²) >= 11 is 0. The van der Waals surface area contributed by atoms with Crippen molar-refractivity contribution in [2.45, 2.75) is 12.5 Å². The Morgan fingerprint density at radius 2 is 1.95 bits per heavy atom. The maximum atomic E-state index is 13.8. The van der Waals surface area contributed by atoms with E-state index in [1.807, 2.05) is 0 Å². The van der Waals surface area contributed by atoms with Crippen molar-refractivity contribution < 1.29 is 14.0 Å². The highest BCUT2D eigenvalue weighted by Gasteiger charge is 2.30. The van der Waals surface area contributed by atoms with E-state index >= 15 is 0 Å². The number of carbonyl (C=O) groups excluding carboxylic acids is 2. The van der Waals surface area contributed by atoms with Gasteiger partial charge in [-0.2, -0.15) is 0 Å². The lowest BCUT2D eigenvalue weighted by atomic mass is 10.0. The van der Waals surface area contributed by atoms with E-state index in [0.29, 0.717) is 29.3 Å². The van der Waals surface area contributed by atoms with E-state index in [2.05, 4.69) is 5.32 Å². The number of rotatable bonds is 2. The molecule has 108 valence electrons. The average molecular weight is 286 g/mol. The number of hydrogen-bond acceptors (Lipinski definition) is 2. The summed E-state index contributed by atoms with van der Waals surface area (Å²) in [5.74, 6) is -0.798. The number of carbonyl (C=O) groups is 2. The molecule has 0 bridgehead atoms. The van der Waals surface area contributed by atoms with Crippen molar-refractivity contribution >= 4 is 22.6 Å². The lowest BCUT2D eigenvalue weighted by Gasteiger charge is -2.13. The zero-order valence-electron chi connectivity index (χ0n) is 11.6. The van der Waals surface area contributed by atoms with Crippen LogP contribution in [-0.4, -0.2) is 36.3 Å². The molecule has 5 heteroatoms.